The summed E-state index contributed by atoms with van der Waals surface area (Å²) >= 11 is 1.03. The number of hydrogen-bond acceptors (Lipinski definition) is 6. The Balaban J connectivity index is 2.92. The van der Waals surface area contributed by atoms with Gasteiger partial charge in [-0.15, -0.1) is 13.2 Å². The van der Waals surface area contributed by atoms with E-state index >= 15 is 0 Å². The van der Waals surface area contributed by atoms with E-state index in [1.807, 2.05) is 0 Å². The predicted molar refractivity (Wildman–Crippen MR) is 42.7 cm³/mol. The van der Waals surface area contributed by atoms with Gasteiger partial charge < -0.3 is 10.5 Å². The molecule has 0 unspecified atom stereocenters. The summed E-state index contributed by atoms with van der Waals surface area (Å²) in [4.78, 5) is 10.1. The number of aromatic nitrogens is 3. The molecule has 0 aromatic carbocycles. The fourth-order valence-electron chi connectivity index (χ4n) is 0.593. The summed E-state index contributed by atoms with van der Waals surface area (Å²) in [5.74, 6) is -0.316. The largest absolute Gasteiger partial charge is 0.575 e. The normalized spacial score (nSPS) is 11.4. The van der Waals surface area contributed by atoms with E-state index in [9.17, 15) is 13.2 Å². The number of hydrogen-bond donors (Lipinski definition) is 1. The van der Waals surface area contributed by atoms with Gasteiger partial charge in [-0.25, -0.2) is 0 Å². The summed E-state index contributed by atoms with van der Waals surface area (Å²) in [6.07, 6.45) is -3.24. The second-order valence-electron chi connectivity index (χ2n) is 2.01. The highest BCUT2D eigenvalue weighted by Gasteiger charge is 2.32. The smallest absolute Gasteiger partial charge is 0.370 e. The molecule has 14 heavy (non-hydrogen) atoms. The Hall–Kier alpha value is -1.25. The van der Waals surface area contributed by atoms with Gasteiger partial charge in [-0.2, -0.15) is 15.0 Å². The van der Waals surface area contributed by atoms with Gasteiger partial charge in [-0.3, -0.25) is 0 Å². The summed E-state index contributed by atoms with van der Waals surface area (Å²) in [6, 6.07) is -0.852. The summed E-state index contributed by atoms with van der Waals surface area (Å²) in [6.45, 7) is 0. The molecule has 0 radical (unpaired) electrons. The highest BCUT2D eigenvalue weighted by molar-refractivity contribution is 7.98. The lowest BCUT2D eigenvalue weighted by Gasteiger charge is -2.07. The second kappa shape index (κ2) is 3.86. The van der Waals surface area contributed by atoms with E-state index in [2.05, 4.69) is 19.7 Å². The first-order chi connectivity index (χ1) is 6.40. The number of nitrogens with two attached hydrogens (primary N) is 1. The SMILES string of the molecule is CSc1nc(N)nc(OC(F)(F)F)n1. The number of halogens is 3. The zero-order valence-corrected chi connectivity index (χ0v) is 7.69. The average molecular weight is 226 g/mol. The Labute approximate surface area is 80.9 Å². The van der Waals surface area contributed by atoms with Crippen LogP contribution < -0.4 is 10.5 Å². The molecular formula is C5H5F3N4OS. The maximum atomic E-state index is 11.7. The number of rotatable bonds is 2. The maximum absolute atomic E-state index is 11.7. The number of ether oxygens (including phenoxy) is 1. The van der Waals surface area contributed by atoms with Crippen molar-refractivity contribution in [1.82, 2.24) is 15.0 Å². The Bertz CT molecular complexity index is 331. The molecule has 1 aromatic rings. The van der Waals surface area contributed by atoms with Crippen molar-refractivity contribution in [2.45, 2.75) is 11.5 Å². The summed E-state index contributed by atoms with van der Waals surface area (Å²) in [7, 11) is 0. The van der Waals surface area contributed by atoms with Crippen molar-refractivity contribution >= 4 is 17.7 Å². The van der Waals surface area contributed by atoms with Crippen LogP contribution in [-0.4, -0.2) is 27.6 Å². The quantitative estimate of drug-likeness (QED) is 0.760. The van der Waals surface area contributed by atoms with Crippen LogP contribution in [0.15, 0.2) is 5.16 Å². The first-order valence-electron chi connectivity index (χ1n) is 3.22. The van der Waals surface area contributed by atoms with Crippen LogP contribution in [0, 0.1) is 0 Å². The van der Waals surface area contributed by atoms with Gasteiger partial charge in [0.25, 0.3) is 0 Å². The van der Waals surface area contributed by atoms with Crippen LogP contribution in [0.25, 0.3) is 0 Å². The van der Waals surface area contributed by atoms with Crippen LogP contribution in [0.3, 0.4) is 0 Å². The van der Waals surface area contributed by atoms with Gasteiger partial charge in [0.05, 0.1) is 0 Å². The molecule has 2 N–H and O–H groups in total. The summed E-state index contributed by atoms with van der Waals surface area (Å²) in [5.41, 5.74) is 5.13. The third kappa shape index (κ3) is 3.24. The number of anilines is 1. The molecule has 0 aliphatic rings. The molecule has 0 atom stereocenters. The highest BCUT2D eigenvalue weighted by atomic mass is 32.2. The standard InChI is InChI=1S/C5H5F3N4OS/c1-14-4-11-2(9)10-3(12-4)13-5(6,7)8/h1H3,(H2,9,10,11,12). The lowest BCUT2D eigenvalue weighted by Crippen LogP contribution is -2.19. The van der Waals surface area contributed by atoms with Gasteiger partial charge >= 0.3 is 12.4 Å². The van der Waals surface area contributed by atoms with E-state index in [1.54, 1.807) is 6.26 Å². The van der Waals surface area contributed by atoms with Crippen molar-refractivity contribution in [3.8, 4) is 6.01 Å². The molecule has 0 fully saturated rings. The first-order valence-corrected chi connectivity index (χ1v) is 4.44. The Kier molecular flexibility index (Phi) is 2.99. The molecule has 1 heterocycles. The van der Waals surface area contributed by atoms with Crippen molar-refractivity contribution in [3.05, 3.63) is 0 Å². The Morgan fingerprint density at radius 1 is 1.29 bits per heavy atom. The number of thioether (sulfide) groups is 1. The van der Waals surface area contributed by atoms with Gasteiger partial charge in [0.2, 0.25) is 5.95 Å². The molecule has 0 bridgehead atoms. The van der Waals surface area contributed by atoms with Gasteiger partial charge in [0, 0.05) is 0 Å². The van der Waals surface area contributed by atoms with E-state index < -0.39 is 12.4 Å². The molecule has 0 aliphatic heterocycles. The number of alkyl halides is 3. The third-order valence-corrected chi connectivity index (χ3v) is 1.55. The van der Waals surface area contributed by atoms with E-state index in [4.69, 9.17) is 5.73 Å². The van der Waals surface area contributed by atoms with Crippen molar-refractivity contribution < 1.29 is 17.9 Å². The topological polar surface area (TPSA) is 73.9 Å². The van der Waals surface area contributed by atoms with Gasteiger partial charge in [-0.05, 0) is 6.26 Å². The van der Waals surface area contributed by atoms with Gasteiger partial charge in [0.15, 0.2) is 5.16 Å². The molecule has 0 spiro atoms. The molecule has 0 saturated heterocycles. The van der Waals surface area contributed by atoms with Crippen LogP contribution in [-0.2, 0) is 0 Å². The van der Waals surface area contributed by atoms with Gasteiger partial charge in [0.1, 0.15) is 0 Å². The van der Waals surface area contributed by atoms with Crippen LogP contribution in [0.4, 0.5) is 19.1 Å². The van der Waals surface area contributed by atoms with Crippen molar-refractivity contribution in [2.24, 2.45) is 0 Å². The van der Waals surface area contributed by atoms with E-state index in [0.29, 0.717) is 0 Å². The number of nitrogen functional groups attached to an aromatic ring is 1. The fraction of sp³-hybridized carbons (Fsp3) is 0.400. The lowest BCUT2D eigenvalue weighted by atomic mass is 10.9. The van der Waals surface area contributed by atoms with Crippen molar-refractivity contribution in [1.29, 1.82) is 0 Å². The maximum Gasteiger partial charge on any atom is 0.575 e. The molecule has 5 nitrogen and oxygen atoms in total. The van der Waals surface area contributed by atoms with Crippen molar-refractivity contribution in [2.75, 3.05) is 12.0 Å². The van der Waals surface area contributed by atoms with E-state index in [0.717, 1.165) is 11.8 Å². The fourth-order valence-corrected chi connectivity index (χ4v) is 0.947. The predicted octanol–water partition coefficient (Wildman–Crippen LogP) is 1.07. The summed E-state index contributed by atoms with van der Waals surface area (Å²) < 4.78 is 38.7. The first kappa shape index (κ1) is 10.8. The molecule has 0 saturated carbocycles. The van der Waals surface area contributed by atoms with Crippen LogP contribution in [0.5, 0.6) is 6.01 Å². The molecule has 0 amide bonds. The minimum Gasteiger partial charge on any atom is -0.370 e. The summed E-state index contributed by atoms with van der Waals surface area (Å²) in [5, 5.41) is 0.0664. The third-order valence-electron chi connectivity index (χ3n) is 1.00. The average Bonchev–Trinajstić information content (AvgIpc) is 1.99. The van der Waals surface area contributed by atoms with Crippen LogP contribution >= 0.6 is 11.8 Å². The molecule has 1 aromatic heterocycles. The van der Waals surface area contributed by atoms with E-state index in [1.165, 1.54) is 0 Å². The van der Waals surface area contributed by atoms with Gasteiger partial charge in [-0.1, -0.05) is 11.8 Å². The zero-order chi connectivity index (χ0) is 10.8. The Morgan fingerprint density at radius 2 is 1.93 bits per heavy atom. The molecule has 0 aliphatic carbocycles. The zero-order valence-electron chi connectivity index (χ0n) is 6.87. The second-order valence-corrected chi connectivity index (χ2v) is 2.78. The molecule has 9 heteroatoms. The van der Waals surface area contributed by atoms with Crippen LogP contribution in [0.1, 0.15) is 0 Å². The lowest BCUT2D eigenvalue weighted by molar-refractivity contribution is -0.277. The van der Waals surface area contributed by atoms with Crippen LogP contribution in [0.2, 0.25) is 0 Å². The monoisotopic (exact) mass is 226 g/mol. The van der Waals surface area contributed by atoms with Crippen molar-refractivity contribution in [3.63, 3.8) is 0 Å². The molecule has 78 valence electrons. The molecule has 1 rings (SSSR count). The number of nitrogens with zero attached hydrogens (tertiary/aromatic N) is 3. The van der Waals surface area contributed by atoms with E-state index in [-0.39, 0.29) is 11.1 Å². The minimum atomic E-state index is -4.83. The highest BCUT2D eigenvalue weighted by Crippen LogP contribution is 2.21. The Morgan fingerprint density at radius 3 is 2.43 bits per heavy atom. The molecular weight excluding hydrogens is 221 g/mol. The minimum absolute atomic E-state index is 0.0664.